The molecule has 1 aliphatic rings. The van der Waals surface area contributed by atoms with Gasteiger partial charge in [-0.05, 0) is 6.92 Å². The second-order valence-electron chi connectivity index (χ2n) is 3.80. The van der Waals surface area contributed by atoms with E-state index in [9.17, 15) is 14.7 Å². The number of ether oxygens (including phenoxy) is 1. The standard InChI is InChI=1S/C11H14N2O4/c1-2-12-10(15)8-9(14)6-5-17-4-3-7(6)13-11(8)16/h2-5H2,1H3,(H,12,15)(H2,13,14,16). The number of carbonyl (C=O) groups is 1. The zero-order chi connectivity index (χ0) is 12.4. The number of aromatic amines is 1. The highest BCUT2D eigenvalue weighted by molar-refractivity contribution is 5.96. The first kappa shape index (κ1) is 11.7. The number of hydrogen-bond donors (Lipinski definition) is 3. The summed E-state index contributed by atoms with van der Waals surface area (Å²) >= 11 is 0. The maximum Gasteiger partial charge on any atom is 0.264 e. The molecule has 0 spiro atoms. The Kier molecular flexibility index (Phi) is 3.14. The van der Waals surface area contributed by atoms with Gasteiger partial charge < -0.3 is 20.1 Å². The van der Waals surface area contributed by atoms with E-state index in [0.717, 1.165) is 0 Å². The number of aromatic hydroxyl groups is 1. The number of aromatic nitrogens is 1. The molecule has 0 aliphatic carbocycles. The summed E-state index contributed by atoms with van der Waals surface area (Å²) in [7, 11) is 0. The van der Waals surface area contributed by atoms with Crippen molar-refractivity contribution in [2.24, 2.45) is 0 Å². The summed E-state index contributed by atoms with van der Waals surface area (Å²) in [4.78, 5) is 26.0. The molecule has 0 saturated heterocycles. The molecule has 6 nitrogen and oxygen atoms in total. The number of amides is 1. The van der Waals surface area contributed by atoms with Gasteiger partial charge in [-0.15, -0.1) is 0 Å². The maximum atomic E-state index is 11.7. The van der Waals surface area contributed by atoms with Crippen LogP contribution in [0.2, 0.25) is 0 Å². The van der Waals surface area contributed by atoms with Crippen molar-refractivity contribution in [2.45, 2.75) is 20.0 Å². The van der Waals surface area contributed by atoms with Crippen molar-refractivity contribution in [1.82, 2.24) is 10.3 Å². The minimum Gasteiger partial charge on any atom is -0.506 e. The van der Waals surface area contributed by atoms with Crippen molar-refractivity contribution in [3.63, 3.8) is 0 Å². The molecule has 1 aliphatic heterocycles. The molecule has 0 aromatic carbocycles. The van der Waals surface area contributed by atoms with Crippen LogP contribution in [0.4, 0.5) is 0 Å². The molecule has 6 heteroatoms. The Morgan fingerprint density at radius 1 is 1.59 bits per heavy atom. The van der Waals surface area contributed by atoms with E-state index in [1.165, 1.54) is 0 Å². The smallest absolute Gasteiger partial charge is 0.264 e. The third kappa shape index (κ3) is 2.03. The van der Waals surface area contributed by atoms with Crippen LogP contribution in [-0.4, -0.2) is 29.1 Å². The van der Waals surface area contributed by atoms with Gasteiger partial charge >= 0.3 is 0 Å². The average molecular weight is 238 g/mol. The average Bonchev–Trinajstić information content (AvgIpc) is 2.29. The van der Waals surface area contributed by atoms with Crippen LogP contribution in [0.3, 0.4) is 0 Å². The minimum absolute atomic E-state index is 0.213. The number of pyridine rings is 1. The zero-order valence-corrected chi connectivity index (χ0v) is 9.50. The van der Waals surface area contributed by atoms with Gasteiger partial charge in [0.15, 0.2) is 0 Å². The Morgan fingerprint density at radius 2 is 2.35 bits per heavy atom. The summed E-state index contributed by atoms with van der Waals surface area (Å²) in [5, 5.41) is 12.4. The van der Waals surface area contributed by atoms with Crippen LogP contribution in [-0.2, 0) is 17.8 Å². The van der Waals surface area contributed by atoms with Crippen molar-refractivity contribution in [3.8, 4) is 5.75 Å². The molecule has 1 aromatic heterocycles. The molecule has 0 saturated carbocycles. The van der Waals surface area contributed by atoms with Crippen LogP contribution in [0.15, 0.2) is 4.79 Å². The summed E-state index contributed by atoms with van der Waals surface area (Å²) < 4.78 is 5.20. The van der Waals surface area contributed by atoms with Crippen LogP contribution in [0.1, 0.15) is 28.5 Å². The lowest BCUT2D eigenvalue weighted by atomic mass is 10.0. The highest BCUT2D eigenvalue weighted by Gasteiger charge is 2.23. The number of hydrogen-bond acceptors (Lipinski definition) is 4. The minimum atomic E-state index is -0.570. The van der Waals surface area contributed by atoms with E-state index in [-0.39, 0.29) is 17.9 Å². The second kappa shape index (κ2) is 4.58. The molecule has 0 unspecified atom stereocenters. The van der Waals surface area contributed by atoms with E-state index in [1.54, 1.807) is 6.92 Å². The normalized spacial score (nSPS) is 14.2. The molecule has 17 heavy (non-hydrogen) atoms. The third-order valence-electron chi connectivity index (χ3n) is 2.69. The highest BCUT2D eigenvalue weighted by atomic mass is 16.5. The lowest BCUT2D eigenvalue weighted by Gasteiger charge is -2.18. The Morgan fingerprint density at radius 3 is 3.06 bits per heavy atom. The molecule has 0 bridgehead atoms. The Balaban J connectivity index is 2.53. The Hall–Kier alpha value is -1.82. The fraction of sp³-hybridized carbons (Fsp3) is 0.455. The van der Waals surface area contributed by atoms with Crippen molar-refractivity contribution < 1.29 is 14.6 Å². The van der Waals surface area contributed by atoms with E-state index in [0.29, 0.717) is 30.8 Å². The van der Waals surface area contributed by atoms with Crippen LogP contribution in [0, 0.1) is 0 Å². The molecule has 0 fully saturated rings. The molecular formula is C11H14N2O4. The lowest BCUT2D eigenvalue weighted by molar-refractivity contribution is 0.0944. The number of H-pyrrole nitrogens is 1. The van der Waals surface area contributed by atoms with E-state index >= 15 is 0 Å². The van der Waals surface area contributed by atoms with Gasteiger partial charge in [0, 0.05) is 24.2 Å². The summed E-state index contributed by atoms with van der Waals surface area (Å²) in [6, 6.07) is 0. The van der Waals surface area contributed by atoms with Crippen LogP contribution in [0.25, 0.3) is 0 Å². The van der Waals surface area contributed by atoms with Crippen LogP contribution < -0.4 is 10.9 Å². The van der Waals surface area contributed by atoms with Gasteiger partial charge in [-0.25, -0.2) is 0 Å². The first-order valence-electron chi connectivity index (χ1n) is 5.48. The molecular weight excluding hydrogens is 224 g/mol. The zero-order valence-electron chi connectivity index (χ0n) is 9.50. The highest BCUT2D eigenvalue weighted by Crippen LogP contribution is 2.25. The van der Waals surface area contributed by atoms with Crippen molar-refractivity contribution >= 4 is 5.91 Å². The monoisotopic (exact) mass is 238 g/mol. The van der Waals surface area contributed by atoms with Crippen molar-refractivity contribution in [3.05, 3.63) is 27.2 Å². The van der Waals surface area contributed by atoms with Gasteiger partial charge in [0.25, 0.3) is 11.5 Å². The molecule has 3 N–H and O–H groups in total. The topological polar surface area (TPSA) is 91.4 Å². The van der Waals surface area contributed by atoms with Gasteiger partial charge in [0.1, 0.15) is 11.3 Å². The van der Waals surface area contributed by atoms with Crippen LogP contribution >= 0.6 is 0 Å². The number of rotatable bonds is 2. The fourth-order valence-corrected chi connectivity index (χ4v) is 1.85. The molecule has 0 radical (unpaired) electrons. The van der Waals surface area contributed by atoms with E-state index in [2.05, 4.69) is 10.3 Å². The fourth-order valence-electron chi connectivity index (χ4n) is 1.85. The first-order valence-corrected chi connectivity index (χ1v) is 5.48. The van der Waals surface area contributed by atoms with Gasteiger partial charge in [-0.2, -0.15) is 0 Å². The molecule has 1 amide bonds. The van der Waals surface area contributed by atoms with Gasteiger partial charge in [-0.1, -0.05) is 0 Å². The molecule has 0 atom stereocenters. The van der Waals surface area contributed by atoms with Gasteiger partial charge in [0.05, 0.1) is 13.2 Å². The summed E-state index contributed by atoms with van der Waals surface area (Å²) in [6.07, 6.45) is 0.536. The predicted octanol–water partition coefficient (Wildman–Crippen LogP) is -0.0971. The first-order chi connectivity index (χ1) is 8.15. The largest absolute Gasteiger partial charge is 0.506 e. The van der Waals surface area contributed by atoms with Crippen molar-refractivity contribution in [1.29, 1.82) is 0 Å². The number of nitrogens with one attached hydrogen (secondary N) is 2. The van der Waals surface area contributed by atoms with Crippen molar-refractivity contribution in [2.75, 3.05) is 13.2 Å². The van der Waals surface area contributed by atoms with E-state index in [1.807, 2.05) is 0 Å². The predicted molar refractivity (Wildman–Crippen MR) is 60.1 cm³/mol. The van der Waals surface area contributed by atoms with Crippen LogP contribution in [0.5, 0.6) is 5.75 Å². The summed E-state index contributed by atoms with van der Waals surface area (Å²) in [6.45, 7) is 2.85. The molecule has 2 heterocycles. The van der Waals surface area contributed by atoms with E-state index < -0.39 is 11.5 Å². The SMILES string of the molecule is CCNC(=O)c1c(O)c2c([nH]c1=O)CCOC2. The quantitative estimate of drug-likeness (QED) is 0.671. The molecule has 92 valence electrons. The molecule has 1 aromatic rings. The summed E-state index contributed by atoms with van der Waals surface area (Å²) in [5.74, 6) is -0.839. The maximum absolute atomic E-state index is 11.7. The number of carbonyl (C=O) groups excluding carboxylic acids is 1. The molecule has 2 rings (SSSR count). The Labute approximate surface area is 97.6 Å². The van der Waals surface area contributed by atoms with Gasteiger partial charge in [0.2, 0.25) is 0 Å². The Bertz CT molecular complexity index is 507. The number of fused-ring (bicyclic) bond motifs is 1. The summed E-state index contributed by atoms with van der Waals surface area (Å²) in [5.41, 5.74) is 0.342. The van der Waals surface area contributed by atoms with Gasteiger partial charge in [-0.3, -0.25) is 9.59 Å². The lowest BCUT2D eigenvalue weighted by Crippen LogP contribution is -2.31. The second-order valence-corrected chi connectivity index (χ2v) is 3.80. The third-order valence-corrected chi connectivity index (χ3v) is 2.69. The van der Waals surface area contributed by atoms with E-state index in [4.69, 9.17) is 4.74 Å².